The Morgan fingerprint density at radius 2 is 2.00 bits per heavy atom. The summed E-state index contributed by atoms with van der Waals surface area (Å²) >= 11 is 0. The van der Waals surface area contributed by atoms with Gasteiger partial charge in [0.1, 0.15) is 5.82 Å². The highest BCUT2D eigenvalue weighted by molar-refractivity contribution is 5.66. The Morgan fingerprint density at radius 3 is 2.53 bits per heavy atom. The SMILES string of the molecule is CC(NCCC(=O)O)C(O)c1ccc(F)cc1. The molecule has 2 atom stereocenters. The topological polar surface area (TPSA) is 69.6 Å². The number of carbonyl (C=O) groups is 1. The molecular formula is C12H16FNO3. The number of hydrogen-bond acceptors (Lipinski definition) is 3. The molecule has 0 aliphatic carbocycles. The molecule has 0 aliphatic rings. The van der Waals surface area contributed by atoms with Crippen molar-refractivity contribution >= 4 is 5.97 Å². The smallest absolute Gasteiger partial charge is 0.304 e. The number of aliphatic hydroxyl groups is 1. The standard InChI is InChI=1S/C12H16FNO3/c1-8(14-7-6-11(15)16)12(17)9-2-4-10(13)5-3-9/h2-5,8,12,14,17H,6-7H2,1H3,(H,15,16). The average Bonchev–Trinajstić information content (AvgIpc) is 2.28. The van der Waals surface area contributed by atoms with Gasteiger partial charge in [-0.2, -0.15) is 0 Å². The molecule has 3 N–H and O–H groups in total. The molecule has 0 aliphatic heterocycles. The van der Waals surface area contributed by atoms with Crippen LogP contribution in [0.4, 0.5) is 4.39 Å². The normalized spacial score (nSPS) is 14.3. The van der Waals surface area contributed by atoms with E-state index in [0.29, 0.717) is 5.56 Å². The molecular weight excluding hydrogens is 225 g/mol. The average molecular weight is 241 g/mol. The van der Waals surface area contributed by atoms with Crippen LogP contribution in [0.5, 0.6) is 0 Å². The van der Waals surface area contributed by atoms with Crippen LogP contribution < -0.4 is 5.32 Å². The van der Waals surface area contributed by atoms with Gasteiger partial charge in [0.2, 0.25) is 0 Å². The van der Waals surface area contributed by atoms with Crippen LogP contribution in [0, 0.1) is 5.82 Å². The second-order valence-corrected chi connectivity index (χ2v) is 3.88. The number of carboxylic acid groups (broad SMARTS) is 1. The molecule has 1 aromatic rings. The van der Waals surface area contributed by atoms with Crippen LogP contribution in [0.25, 0.3) is 0 Å². The van der Waals surface area contributed by atoms with Crippen molar-refractivity contribution in [3.63, 3.8) is 0 Å². The Labute approximate surface area is 99.1 Å². The molecule has 0 fully saturated rings. The zero-order chi connectivity index (χ0) is 12.8. The van der Waals surface area contributed by atoms with Crippen LogP contribution in [0.2, 0.25) is 0 Å². The number of rotatable bonds is 6. The lowest BCUT2D eigenvalue weighted by Gasteiger charge is -2.20. The maximum atomic E-state index is 12.7. The van der Waals surface area contributed by atoms with E-state index >= 15 is 0 Å². The molecule has 1 aromatic carbocycles. The molecule has 4 nitrogen and oxygen atoms in total. The van der Waals surface area contributed by atoms with E-state index < -0.39 is 12.1 Å². The van der Waals surface area contributed by atoms with E-state index in [1.165, 1.54) is 24.3 Å². The van der Waals surface area contributed by atoms with E-state index in [-0.39, 0.29) is 24.8 Å². The first kappa shape index (κ1) is 13.6. The van der Waals surface area contributed by atoms with Crippen LogP contribution in [0.15, 0.2) is 24.3 Å². The molecule has 0 bridgehead atoms. The lowest BCUT2D eigenvalue weighted by atomic mass is 10.0. The third-order valence-electron chi connectivity index (χ3n) is 2.49. The highest BCUT2D eigenvalue weighted by atomic mass is 19.1. The number of carboxylic acids is 1. The van der Waals surface area contributed by atoms with Crippen molar-refractivity contribution < 1.29 is 19.4 Å². The van der Waals surface area contributed by atoms with Crippen molar-refractivity contribution in [3.05, 3.63) is 35.6 Å². The zero-order valence-corrected chi connectivity index (χ0v) is 9.56. The monoisotopic (exact) mass is 241 g/mol. The fourth-order valence-corrected chi connectivity index (χ4v) is 1.47. The van der Waals surface area contributed by atoms with Gasteiger partial charge in [-0.05, 0) is 24.6 Å². The van der Waals surface area contributed by atoms with Gasteiger partial charge >= 0.3 is 5.97 Å². The Balaban J connectivity index is 2.48. The number of aliphatic carboxylic acids is 1. The first-order valence-corrected chi connectivity index (χ1v) is 5.39. The minimum absolute atomic E-state index is 0.000474. The van der Waals surface area contributed by atoms with Crippen molar-refractivity contribution in [1.29, 1.82) is 0 Å². The number of benzene rings is 1. The van der Waals surface area contributed by atoms with Crippen molar-refractivity contribution in [1.82, 2.24) is 5.32 Å². The van der Waals surface area contributed by atoms with Gasteiger partial charge in [-0.1, -0.05) is 12.1 Å². The summed E-state index contributed by atoms with van der Waals surface area (Å²) in [5.74, 6) is -1.24. The Morgan fingerprint density at radius 1 is 1.41 bits per heavy atom. The van der Waals surface area contributed by atoms with Gasteiger partial charge in [0.05, 0.1) is 12.5 Å². The van der Waals surface area contributed by atoms with Crippen LogP contribution in [0.3, 0.4) is 0 Å². The largest absolute Gasteiger partial charge is 0.481 e. The Bertz CT molecular complexity index is 367. The minimum atomic E-state index is -0.888. The molecule has 0 saturated heterocycles. The van der Waals surface area contributed by atoms with Crippen LogP contribution in [-0.4, -0.2) is 28.8 Å². The van der Waals surface area contributed by atoms with Crippen molar-refractivity contribution in [2.24, 2.45) is 0 Å². The minimum Gasteiger partial charge on any atom is -0.481 e. The highest BCUT2D eigenvalue weighted by Gasteiger charge is 2.15. The summed E-state index contributed by atoms with van der Waals surface area (Å²) in [5, 5.41) is 21.3. The molecule has 0 saturated carbocycles. The third kappa shape index (κ3) is 4.50. The van der Waals surface area contributed by atoms with E-state index in [1.54, 1.807) is 6.92 Å². The lowest BCUT2D eigenvalue weighted by Crippen LogP contribution is -2.33. The van der Waals surface area contributed by atoms with Crippen LogP contribution in [-0.2, 0) is 4.79 Å². The zero-order valence-electron chi connectivity index (χ0n) is 9.56. The summed E-state index contributed by atoms with van der Waals surface area (Å²) in [6.45, 7) is 2.03. The predicted molar refractivity (Wildman–Crippen MR) is 61.1 cm³/mol. The first-order valence-electron chi connectivity index (χ1n) is 5.39. The summed E-state index contributed by atoms with van der Waals surface area (Å²) < 4.78 is 12.7. The van der Waals surface area contributed by atoms with Gasteiger partial charge in [0.25, 0.3) is 0 Å². The fraction of sp³-hybridized carbons (Fsp3) is 0.417. The predicted octanol–water partition coefficient (Wildman–Crippen LogP) is 1.31. The highest BCUT2D eigenvalue weighted by Crippen LogP contribution is 2.16. The summed E-state index contributed by atoms with van der Waals surface area (Å²) in [6.07, 6.45) is -0.787. The van der Waals surface area contributed by atoms with E-state index in [2.05, 4.69) is 5.32 Å². The van der Waals surface area contributed by atoms with Gasteiger partial charge < -0.3 is 15.5 Å². The van der Waals surface area contributed by atoms with E-state index in [9.17, 15) is 14.3 Å². The van der Waals surface area contributed by atoms with Gasteiger partial charge in [-0.3, -0.25) is 4.79 Å². The van der Waals surface area contributed by atoms with Gasteiger partial charge in [0.15, 0.2) is 0 Å². The lowest BCUT2D eigenvalue weighted by molar-refractivity contribution is -0.136. The summed E-state index contributed by atoms with van der Waals surface area (Å²) in [5.41, 5.74) is 0.599. The van der Waals surface area contributed by atoms with Crippen LogP contribution in [0.1, 0.15) is 25.0 Å². The number of hydrogen-bond donors (Lipinski definition) is 3. The number of halogens is 1. The number of nitrogens with one attached hydrogen (secondary N) is 1. The van der Waals surface area contributed by atoms with Gasteiger partial charge in [-0.15, -0.1) is 0 Å². The molecule has 94 valence electrons. The molecule has 0 amide bonds. The summed E-state index contributed by atoms with van der Waals surface area (Å²) in [6, 6.07) is 5.29. The quantitative estimate of drug-likeness (QED) is 0.702. The maximum Gasteiger partial charge on any atom is 0.304 e. The van der Waals surface area contributed by atoms with E-state index in [0.717, 1.165) is 0 Å². The maximum absolute atomic E-state index is 12.7. The molecule has 0 aromatic heterocycles. The Kier molecular flexibility index (Phi) is 5.06. The molecule has 0 heterocycles. The Hall–Kier alpha value is -1.46. The molecule has 5 heteroatoms. The van der Waals surface area contributed by atoms with Gasteiger partial charge in [0, 0.05) is 12.6 Å². The fourth-order valence-electron chi connectivity index (χ4n) is 1.47. The van der Waals surface area contributed by atoms with E-state index in [4.69, 9.17) is 5.11 Å². The van der Waals surface area contributed by atoms with Gasteiger partial charge in [-0.25, -0.2) is 4.39 Å². The first-order chi connectivity index (χ1) is 8.00. The van der Waals surface area contributed by atoms with Crippen molar-refractivity contribution in [3.8, 4) is 0 Å². The molecule has 0 spiro atoms. The van der Waals surface area contributed by atoms with Crippen LogP contribution >= 0.6 is 0 Å². The second-order valence-electron chi connectivity index (χ2n) is 3.88. The summed E-state index contributed by atoms with van der Waals surface area (Å²) in [7, 11) is 0. The third-order valence-corrected chi connectivity index (χ3v) is 2.49. The molecule has 1 rings (SSSR count). The molecule has 0 radical (unpaired) electrons. The second kappa shape index (κ2) is 6.32. The summed E-state index contributed by atoms with van der Waals surface area (Å²) in [4.78, 5) is 10.3. The van der Waals surface area contributed by atoms with Crippen molar-refractivity contribution in [2.45, 2.75) is 25.5 Å². The van der Waals surface area contributed by atoms with Crippen molar-refractivity contribution in [2.75, 3.05) is 6.54 Å². The number of aliphatic hydroxyl groups excluding tert-OH is 1. The van der Waals surface area contributed by atoms with E-state index in [1.807, 2.05) is 0 Å². The molecule has 17 heavy (non-hydrogen) atoms. The molecule has 2 unspecified atom stereocenters.